The highest BCUT2D eigenvalue weighted by molar-refractivity contribution is 6.41. The molecule has 12 nitrogen and oxygen atoms in total. The number of nitro benzene ring substituents is 2. The Morgan fingerprint density at radius 1 is 0.837 bits per heavy atom. The summed E-state index contributed by atoms with van der Waals surface area (Å²) in [6, 6.07) is 14.9. The highest BCUT2D eigenvalue weighted by atomic mass is 16.6. The molecule has 252 valence electrons. The maximum atomic E-state index is 13.8. The lowest BCUT2D eigenvalue weighted by Gasteiger charge is -2.30. The smallest absolute Gasteiger partial charge is 0.276 e. The first-order chi connectivity index (χ1) is 23.1. The average molecular weight is 666 g/mol. The van der Waals surface area contributed by atoms with E-state index in [-0.39, 0.29) is 23.7 Å². The normalized spacial score (nSPS) is 19.5. The highest BCUT2D eigenvalue weighted by Gasteiger charge is 2.50. The predicted octanol–water partition coefficient (Wildman–Crippen LogP) is 6.49. The van der Waals surface area contributed by atoms with Gasteiger partial charge >= 0.3 is 0 Å². The van der Waals surface area contributed by atoms with Crippen molar-refractivity contribution in [1.82, 2.24) is 0 Å². The number of allylic oxidation sites excluding steroid dienone is 4. The molecule has 6 rings (SSSR count). The van der Waals surface area contributed by atoms with E-state index in [1.54, 1.807) is 32.4 Å². The number of likely N-dealkylation sites (N-methyl/N-ethyl adjacent to an activating group) is 1. The van der Waals surface area contributed by atoms with Crippen LogP contribution in [0.25, 0.3) is 0 Å². The number of fused-ring (bicyclic) bond motifs is 2. The van der Waals surface area contributed by atoms with Crippen LogP contribution in [-0.2, 0) is 27.0 Å². The summed E-state index contributed by atoms with van der Waals surface area (Å²) in [7, 11) is 3.17. The van der Waals surface area contributed by atoms with E-state index in [0.717, 1.165) is 40.0 Å². The average Bonchev–Trinajstić information content (AvgIpc) is 3.42. The molecule has 0 atom stereocenters. The van der Waals surface area contributed by atoms with Gasteiger partial charge in [-0.1, -0.05) is 13.8 Å². The van der Waals surface area contributed by atoms with E-state index < -0.39 is 38.0 Å². The Morgan fingerprint density at radius 3 is 1.96 bits per heavy atom. The third-order valence-corrected chi connectivity index (χ3v) is 9.94. The van der Waals surface area contributed by atoms with Crippen LogP contribution in [-0.4, -0.2) is 52.5 Å². The number of nitro groups is 2. The summed E-state index contributed by atoms with van der Waals surface area (Å²) in [6.07, 6.45) is 3.39. The molecule has 1 aliphatic carbocycles. The van der Waals surface area contributed by atoms with Crippen molar-refractivity contribution in [3.8, 4) is 11.5 Å². The van der Waals surface area contributed by atoms with Crippen LogP contribution in [0.4, 0.5) is 22.7 Å². The zero-order valence-corrected chi connectivity index (χ0v) is 28.4. The molecular formula is C37H37N4O8+. The Hall–Kier alpha value is -5.65. The van der Waals surface area contributed by atoms with Crippen molar-refractivity contribution in [2.45, 2.75) is 52.0 Å². The second-order valence-corrected chi connectivity index (χ2v) is 13.4. The molecule has 3 aromatic carbocycles. The molecule has 1 fully saturated rings. The highest BCUT2D eigenvalue weighted by Crippen LogP contribution is 2.50. The number of anilines is 1. The first-order valence-corrected chi connectivity index (χ1v) is 15.9. The van der Waals surface area contributed by atoms with Crippen LogP contribution in [0, 0.1) is 26.1 Å². The van der Waals surface area contributed by atoms with Crippen LogP contribution in [0.15, 0.2) is 78.0 Å². The molecule has 49 heavy (non-hydrogen) atoms. The fraction of sp³-hybridized carbons (Fsp3) is 0.324. The Bertz CT molecular complexity index is 2020. The molecular weight excluding hydrogens is 628 g/mol. The van der Waals surface area contributed by atoms with E-state index in [0.29, 0.717) is 23.6 Å². The van der Waals surface area contributed by atoms with Gasteiger partial charge in [0.05, 0.1) is 41.1 Å². The molecule has 1 saturated carbocycles. The van der Waals surface area contributed by atoms with Gasteiger partial charge in [0.2, 0.25) is 5.69 Å². The number of carbonyl (C=O) groups is 2. The summed E-state index contributed by atoms with van der Waals surface area (Å²) in [5.41, 5.74) is 3.42. The molecule has 0 bridgehead atoms. The number of methoxy groups -OCH3 is 2. The van der Waals surface area contributed by atoms with Gasteiger partial charge in [-0.3, -0.25) is 29.8 Å². The summed E-state index contributed by atoms with van der Waals surface area (Å²) in [6.45, 7) is 10.7. The van der Waals surface area contributed by atoms with Crippen molar-refractivity contribution in [3.63, 3.8) is 0 Å². The molecule has 0 amide bonds. The van der Waals surface area contributed by atoms with E-state index in [4.69, 9.17) is 9.47 Å². The topological polar surface area (TPSA) is 145 Å². The van der Waals surface area contributed by atoms with Gasteiger partial charge in [-0.2, -0.15) is 4.58 Å². The van der Waals surface area contributed by atoms with Gasteiger partial charge in [0.15, 0.2) is 23.8 Å². The molecule has 0 aromatic heterocycles. The third kappa shape index (κ3) is 5.27. The number of ketones is 2. The fourth-order valence-corrected chi connectivity index (χ4v) is 7.26. The Morgan fingerprint density at radius 2 is 1.41 bits per heavy atom. The standard InChI is InChI=1S/C37H37N4O8/c1-8-38-30-11-9-24(48-6)16-28(30)36(2,3)32(38)18-26-34(42)27(35(26)43)19-33-37(4,5)29-17-25(49-7)10-12-31(29)39(33)20-21-13-22(40(44)45)15-23(14-21)41(46)47/h9-19,26H,8,20H2,1-7H3/q+1/b27-19?,32-18-. The molecule has 0 radical (unpaired) electrons. The number of hydrogen-bond acceptors (Lipinski definition) is 9. The van der Waals surface area contributed by atoms with Gasteiger partial charge in [0.25, 0.3) is 11.4 Å². The molecule has 2 heterocycles. The van der Waals surface area contributed by atoms with E-state index in [1.165, 1.54) is 12.1 Å². The molecule has 0 spiro atoms. The van der Waals surface area contributed by atoms with Crippen molar-refractivity contribution < 1.29 is 33.5 Å². The minimum Gasteiger partial charge on any atom is -0.497 e. The van der Waals surface area contributed by atoms with Gasteiger partial charge < -0.3 is 14.4 Å². The van der Waals surface area contributed by atoms with Crippen LogP contribution < -0.4 is 14.4 Å². The number of Topliss-reactive ketones (excluding diaryl/α,β-unsaturated/α-hetero) is 2. The van der Waals surface area contributed by atoms with E-state index in [9.17, 15) is 29.8 Å². The van der Waals surface area contributed by atoms with Crippen molar-refractivity contribution in [2.24, 2.45) is 5.92 Å². The van der Waals surface area contributed by atoms with E-state index in [1.807, 2.05) is 55.7 Å². The summed E-state index contributed by atoms with van der Waals surface area (Å²) >= 11 is 0. The zero-order chi connectivity index (χ0) is 35.6. The molecule has 0 unspecified atom stereocenters. The quantitative estimate of drug-likeness (QED) is 0.0625. The molecule has 0 saturated heterocycles. The van der Waals surface area contributed by atoms with Crippen molar-refractivity contribution in [2.75, 3.05) is 25.7 Å². The van der Waals surface area contributed by atoms with Gasteiger partial charge in [-0.15, -0.1) is 0 Å². The summed E-state index contributed by atoms with van der Waals surface area (Å²) < 4.78 is 12.8. The molecule has 3 aromatic rings. The SMILES string of the molecule is CCN1/C(=C\C2C(=O)C(=CC3=[N+](Cc4cc([N+](=O)[O-])cc([N+](=O)[O-])c4)c4ccc(OC)cc4C3(C)C)C2=O)C(C)(C)c2cc(OC)ccc21. The number of benzene rings is 3. The number of ether oxygens (including phenoxy) is 2. The van der Waals surface area contributed by atoms with E-state index >= 15 is 0 Å². The summed E-state index contributed by atoms with van der Waals surface area (Å²) in [4.78, 5) is 51.8. The maximum absolute atomic E-state index is 13.8. The predicted molar refractivity (Wildman–Crippen MR) is 183 cm³/mol. The molecule has 2 aliphatic heterocycles. The van der Waals surface area contributed by atoms with Crippen LogP contribution >= 0.6 is 0 Å². The zero-order valence-electron chi connectivity index (χ0n) is 28.4. The van der Waals surface area contributed by atoms with Gasteiger partial charge in [0.1, 0.15) is 17.4 Å². The monoisotopic (exact) mass is 665 g/mol. The van der Waals surface area contributed by atoms with Gasteiger partial charge in [0, 0.05) is 58.7 Å². The number of rotatable bonds is 9. The molecule has 0 N–H and O–H groups in total. The molecule has 12 heteroatoms. The maximum Gasteiger partial charge on any atom is 0.276 e. The lowest BCUT2D eigenvalue weighted by Crippen LogP contribution is -2.42. The first kappa shape index (κ1) is 33.3. The Kier molecular flexibility index (Phi) is 8.01. The molecule has 3 aliphatic rings. The lowest BCUT2D eigenvalue weighted by molar-refractivity contribution is -0.455. The number of nitrogens with zero attached hydrogens (tertiary/aromatic N) is 4. The number of hydrogen-bond donors (Lipinski definition) is 0. The number of non-ortho nitro benzene ring substituents is 2. The second-order valence-electron chi connectivity index (χ2n) is 13.4. The number of carbonyl (C=O) groups excluding carboxylic acids is 2. The van der Waals surface area contributed by atoms with Crippen molar-refractivity contribution in [1.29, 1.82) is 0 Å². The van der Waals surface area contributed by atoms with Crippen molar-refractivity contribution in [3.05, 3.63) is 115 Å². The largest absolute Gasteiger partial charge is 0.497 e. The minimum atomic E-state index is -0.953. The van der Waals surface area contributed by atoms with E-state index in [2.05, 4.69) is 18.7 Å². The van der Waals surface area contributed by atoms with Crippen LogP contribution in [0.2, 0.25) is 0 Å². The Labute approximate surface area is 283 Å². The van der Waals surface area contributed by atoms with Gasteiger partial charge in [-0.05, 0) is 62.7 Å². The minimum absolute atomic E-state index is 0.0155. The second kappa shape index (κ2) is 11.8. The van der Waals surface area contributed by atoms with Gasteiger partial charge in [-0.25, -0.2) is 0 Å². The Balaban J connectivity index is 1.42. The lowest BCUT2D eigenvalue weighted by atomic mass is 9.72. The van der Waals surface area contributed by atoms with Crippen LogP contribution in [0.3, 0.4) is 0 Å². The van der Waals surface area contributed by atoms with Crippen molar-refractivity contribution >= 4 is 40.0 Å². The van der Waals surface area contributed by atoms with Crippen LogP contribution in [0.5, 0.6) is 11.5 Å². The summed E-state index contributed by atoms with van der Waals surface area (Å²) in [5, 5.41) is 23.3. The fourth-order valence-electron chi connectivity index (χ4n) is 7.26. The first-order valence-electron chi connectivity index (χ1n) is 15.9. The third-order valence-electron chi connectivity index (χ3n) is 9.94. The van der Waals surface area contributed by atoms with Crippen LogP contribution in [0.1, 0.15) is 51.3 Å². The summed E-state index contributed by atoms with van der Waals surface area (Å²) in [5.74, 6) is -0.232.